The third-order valence-electron chi connectivity index (χ3n) is 3.49. The number of nitrogens with zero attached hydrogens (tertiary/aromatic N) is 1. The Hall–Kier alpha value is -1.70. The highest BCUT2D eigenvalue weighted by Gasteiger charge is 2.25. The van der Waals surface area contributed by atoms with Gasteiger partial charge in [0.25, 0.3) is 11.6 Å². The Kier molecular flexibility index (Phi) is 6.07. The zero-order valence-corrected chi connectivity index (χ0v) is 12.4. The number of halogens is 1. The normalized spacial score (nSPS) is 20.7. The Bertz CT molecular complexity index is 538. The number of carbonyl (C=O) groups is 1. The largest absolute Gasteiger partial charge is 0.391 e. The third kappa shape index (κ3) is 4.13. The second-order valence-electron chi connectivity index (χ2n) is 4.95. The molecule has 1 fully saturated rings. The van der Waals surface area contributed by atoms with E-state index in [1.54, 1.807) is 6.92 Å². The number of nitrogens with one attached hydrogen (secondary N) is 2. The van der Waals surface area contributed by atoms with Gasteiger partial charge >= 0.3 is 0 Å². The van der Waals surface area contributed by atoms with Crippen molar-refractivity contribution in [3.05, 3.63) is 39.4 Å². The number of amides is 1. The standard InChI is InChI=1S/C13H17N3O4.ClH/c1-8-4-10(16(19)20)2-3-11(8)13(18)15-6-9-5-14-7-12(9)17;/h2-4,9,12,14,17H,5-7H2,1H3,(H,15,18);1H. The van der Waals surface area contributed by atoms with E-state index >= 15 is 0 Å². The lowest BCUT2D eigenvalue weighted by Gasteiger charge is -2.14. The van der Waals surface area contributed by atoms with E-state index in [1.165, 1.54) is 18.2 Å². The van der Waals surface area contributed by atoms with Crippen LogP contribution >= 0.6 is 12.4 Å². The van der Waals surface area contributed by atoms with Gasteiger partial charge < -0.3 is 15.7 Å². The van der Waals surface area contributed by atoms with Crippen LogP contribution in [-0.4, -0.2) is 41.7 Å². The maximum atomic E-state index is 12.0. The van der Waals surface area contributed by atoms with Gasteiger partial charge in [-0.15, -0.1) is 12.4 Å². The molecule has 1 aliphatic heterocycles. The van der Waals surface area contributed by atoms with Crippen molar-refractivity contribution in [3.63, 3.8) is 0 Å². The number of hydrogen-bond acceptors (Lipinski definition) is 5. The first-order valence-electron chi connectivity index (χ1n) is 6.41. The molecular weight excluding hydrogens is 298 g/mol. The predicted molar refractivity (Wildman–Crippen MR) is 79.8 cm³/mol. The Morgan fingerprint density at radius 1 is 1.52 bits per heavy atom. The Balaban J connectivity index is 0.00000220. The first-order valence-corrected chi connectivity index (χ1v) is 6.41. The van der Waals surface area contributed by atoms with Gasteiger partial charge in [-0.1, -0.05) is 0 Å². The predicted octanol–water partition coefficient (Wildman–Crippen LogP) is 0.635. The molecule has 1 aromatic rings. The summed E-state index contributed by atoms with van der Waals surface area (Å²) in [6.45, 7) is 3.25. The third-order valence-corrected chi connectivity index (χ3v) is 3.49. The van der Waals surface area contributed by atoms with Gasteiger partial charge in [-0.05, 0) is 18.6 Å². The van der Waals surface area contributed by atoms with Gasteiger partial charge in [0, 0.05) is 43.2 Å². The van der Waals surface area contributed by atoms with E-state index in [-0.39, 0.29) is 29.9 Å². The molecule has 116 valence electrons. The summed E-state index contributed by atoms with van der Waals surface area (Å²) in [6.07, 6.45) is -0.451. The fraction of sp³-hybridized carbons (Fsp3) is 0.462. The van der Waals surface area contributed by atoms with E-state index in [0.717, 1.165) is 0 Å². The van der Waals surface area contributed by atoms with Crippen molar-refractivity contribution < 1.29 is 14.8 Å². The molecule has 1 aromatic carbocycles. The molecule has 1 amide bonds. The summed E-state index contributed by atoms with van der Waals surface area (Å²) in [7, 11) is 0. The van der Waals surface area contributed by atoms with Crippen LogP contribution in [0.1, 0.15) is 15.9 Å². The summed E-state index contributed by atoms with van der Waals surface area (Å²) < 4.78 is 0. The lowest BCUT2D eigenvalue weighted by atomic mass is 10.0. The summed E-state index contributed by atoms with van der Waals surface area (Å²) in [5.74, 6) is -0.284. The van der Waals surface area contributed by atoms with Crippen molar-refractivity contribution in [2.45, 2.75) is 13.0 Å². The molecule has 1 heterocycles. The van der Waals surface area contributed by atoms with Gasteiger partial charge in [-0.2, -0.15) is 0 Å². The molecule has 0 aliphatic carbocycles. The monoisotopic (exact) mass is 315 g/mol. The average Bonchev–Trinajstić information content (AvgIpc) is 2.81. The van der Waals surface area contributed by atoms with Crippen molar-refractivity contribution in [2.24, 2.45) is 5.92 Å². The number of hydrogen-bond donors (Lipinski definition) is 3. The summed E-state index contributed by atoms with van der Waals surface area (Å²) in [5, 5.41) is 26.1. The molecular formula is C13H18ClN3O4. The van der Waals surface area contributed by atoms with Crippen LogP contribution in [0, 0.1) is 23.0 Å². The number of nitro benzene ring substituents is 1. The second kappa shape index (κ2) is 7.35. The van der Waals surface area contributed by atoms with Crippen molar-refractivity contribution >= 4 is 24.0 Å². The van der Waals surface area contributed by atoms with Crippen LogP contribution in [0.25, 0.3) is 0 Å². The fourth-order valence-corrected chi connectivity index (χ4v) is 2.26. The van der Waals surface area contributed by atoms with Crippen LogP contribution in [0.5, 0.6) is 0 Å². The number of nitro groups is 1. The zero-order valence-electron chi connectivity index (χ0n) is 11.5. The van der Waals surface area contributed by atoms with Gasteiger partial charge in [0.1, 0.15) is 0 Å². The van der Waals surface area contributed by atoms with Gasteiger partial charge in [-0.25, -0.2) is 0 Å². The highest BCUT2D eigenvalue weighted by Crippen LogP contribution is 2.17. The molecule has 2 atom stereocenters. The molecule has 1 saturated heterocycles. The minimum Gasteiger partial charge on any atom is -0.391 e. The molecule has 2 rings (SSSR count). The summed E-state index contributed by atoms with van der Waals surface area (Å²) in [6, 6.07) is 4.14. The fourth-order valence-electron chi connectivity index (χ4n) is 2.26. The topological polar surface area (TPSA) is 104 Å². The molecule has 0 spiro atoms. The quantitative estimate of drug-likeness (QED) is 0.558. The molecule has 1 aliphatic rings. The first kappa shape index (κ1) is 17.4. The van der Waals surface area contributed by atoms with Gasteiger partial charge in [0.05, 0.1) is 11.0 Å². The maximum Gasteiger partial charge on any atom is 0.269 e. The first-order chi connectivity index (χ1) is 9.49. The van der Waals surface area contributed by atoms with E-state index in [0.29, 0.717) is 30.8 Å². The van der Waals surface area contributed by atoms with Crippen LogP contribution in [-0.2, 0) is 0 Å². The Labute approximate surface area is 128 Å². The van der Waals surface area contributed by atoms with Crippen LogP contribution in [0.4, 0.5) is 5.69 Å². The van der Waals surface area contributed by atoms with E-state index in [9.17, 15) is 20.0 Å². The Morgan fingerprint density at radius 3 is 2.76 bits per heavy atom. The molecule has 0 bridgehead atoms. The van der Waals surface area contributed by atoms with E-state index in [1.807, 2.05) is 0 Å². The van der Waals surface area contributed by atoms with Gasteiger partial charge in [0.15, 0.2) is 0 Å². The van der Waals surface area contributed by atoms with Gasteiger partial charge in [-0.3, -0.25) is 14.9 Å². The molecule has 3 N–H and O–H groups in total. The number of rotatable bonds is 4. The van der Waals surface area contributed by atoms with Gasteiger partial charge in [0.2, 0.25) is 0 Å². The van der Waals surface area contributed by atoms with Crippen LogP contribution in [0.3, 0.4) is 0 Å². The molecule has 0 radical (unpaired) electrons. The minimum absolute atomic E-state index is 0. The van der Waals surface area contributed by atoms with Crippen molar-refractivity contribution in [3.8, 4) is 0 Å². The number of benzene rings is 1. The number of carbonyl (C=O) groups excluding carboxylic acids is 1. The smallest absolute Gasteiger partial charge is 0.269 e. The number of β-amino-alcohol motifs (C(OH)–C–C–N with tert-alkyl or cyclic N) is 1. The minimum atomic E-state index is -0.491. The van der Waals surface area contributed by atoms with Crippen LogP contribution < -0.4 is 10.6 Å². The van der Waals surface area contributed by atoms with Crippen LogP contribution in [0.2, 0.25) is 0 Å². The zero-order chi connectivity index (χ0) is 14.7. The number of aryl methyl sites for hydroxylation is 1. The lowest BCUT2D eigenvalue weighted by molar-refractivity contribution is -0.384. The summed E-state index contributed by atoms with van der Waals surface area (Å²) >= 11 is 0. The molecule has 0 saturated carbocycles. The maximum absolute atomic E-state index is 12.0. The van der Waals surface area contributed by atoms with Crippen molar-refractivity contribution in [1.82, 2.24) is 10.6 Å². The summed E-state index contributed by atoms with van der Waals surface area (Å²) in [5.41, 5.74) is 0.937. The molecule has 7 nitrogen and oxygen atoms in total. The molecule has 0 aromatic heterocycles. The highest BCUT2D eigenvalue weighted by molar-refractivity contribution is 5.95. The molecule has 21 heavy (non-hydrogen) atoms. The van der Waals surface area contributed by atoms with E-state index < -0.39 is 11.0 Å². The van der Waals surface area contributed by atoms with Crippen LogP contribution in [0.15, 0.2) is 18.2 Å². The highest BCUT2D eigenvalue weighted by atomic mass is 35.5. The summed E-state index contributed by atoms with van der Waals surface area (Å²) in [4.78, 5) is 22.2. The number of aliphatic hydroxyl groups is 1. The second-order valence-corrected chi connectivity index (χ2v) is 4.95. The average molecular weight is 316 g/mol. The Morgan fingerprint density at radius 2 is 2.24 bits per heavy atom. The SMILES string of the molecule is Cc1cc([N+](=O)[O-])ccc1C(=O)NCC1CNCC1O.Cl. The van der Waals surface area contributed by atoms with E-state index in [4.69, 9.17) is 0 Å². The molecule has 2 unspecified atom stereocenters. The number of non-ortho nitro benzene ring substituents is 1. The lowest BCUT2D eigenvalue weighted by Crippen LogP contribution is -2.34. The van der Waals surface area contributed by atoms with E-state index in [2.05, 4.69) is 10.6 Å². The van der Waals surface area contributed by atoms with Crippen molar-refractivity contribution in [1.29, 1.82) is 0 Å². The molecule has 8 heteroatoms. The number of aliphatic hydroxyl groups excluding tert-OH is 1. The van der Waals surface area contributed by atoms with Crippen molar-refractivity contribution in [2.75, 3.05) is 19.6 Å².